The van der Waals surface area contributed by atoms with E-state index in [9.17, 15) is 9.18 Å². The highest BCUT2D eigenvalue weighted by molar-refractivity contribution is 6.14. The molecule has 0 N–H and O–H groups in total. The summed E-state index contributed by atoms with van der Waals surface area (Å²) in [5.74, 6) is 0.269. The van der Waals surface area contributed by atoms with E-state index in [1.54, 1.807) is 23.4 Å². The van der Waals surface area contributed by atoms with Crippen LogP contribution in [-0.4, -0.2) is 69.8 Å². The molecule has 3 aromatic rings. The molecule has 27 heteroatoms. The lowest BCUT2D eigenvalue weighted by molar-refractivity contribution is -0.125. The number of halogens is 20. The molecule has 1 aromatic heterocycles. The maximum atomic E-state index is 13.7. The van der Waals surface area contributed by atoms with Crippen molar-refractivity contribution in [3.63, 3.8) is 0 Å². The lowest BCUT2D eigenvalue weighted by atomic mass is 9.99. The standard InChI is InChI=1S/C28H31FN6O.9F2.FH/c1-19-15-21(5-10-25(19)34-17-20(2)30-18-34)16-24-27(36)35-26(22-6-8-23(29)9-7-22)11-12-33(28(35)31-24)14-13-32(3)4;9*1-2;/h5-10,15-18,26H,11-14H2,1-4H3;;;;;;;;;;1H/b24-16-;;;;;;;;;;/t26-;;;;;;;;;;/m0........../s1. The number of aryl methyl sites for hydroxylation is 2. The SMILES string of the molecule is Cc1cn(-c2ccc(/C=C3\N=C4N(CCN(C)C)CC[C@@H](c5ccc(F)cc5)N4C3=O)cc2C)cn1.F.FF.FF.FF.FF.FF.FF.FF.FF.FF. The molecule has 0 unspecified atom stereocenters. The fourth-order valence-corrected chi connectivity index (χ4v) is 4.83. The lowest BCUT2D eigenvalue weighted by Crippen LogP contribution is -2.52. The second kappa shape index (κ2) is 40.1. The van der Waals surface area contributed by atoms with Crippen LogP contribution >= 0.6 is 0 Å². The Bertz CT molecular complexity index is 1390. The number of hydrogen-bond donors (Lipinski definition) is 0. The van der Waals surface area contributed by atoms with E-state index in [-0.39, 0.29) is 22.5 Å². The highest BCUT2D eigenvalue weighted by Gasteiger charge is 2.42. The van der Waals surface area contributed by atoms with Gasteiger partial charge < -0.3 is 14.4 Å². The average Bonchev–Trinajstić information content (AvgIpc) is 3.83. The van der Waals surface area contributed by atoms with Gasteiger partial charge in [-0.3, -0.25) is 14.4 Å². The summed E-state index contributed by atoms with van der Waals surface area (Å²) in [7, 11) is 4.07. The molecule has 2 aliphatic rings. The monoisotopic (exact) mass is 848 g/mol. The first-order valence-corrected chi connectivity index (χ1v) is 13.5. The minimum absolute atomic E-state index is 0. The molecule has 5 rings (SSSR count). The molecule has 0 radical (unpaired) electrons. The van der Waals surface area contributed by atoms with Crippen LogP contribution in [0.4, 0.5) is 91.4 Å². The van der Waals surface area contributed by atoms with Crippen LogP contribution in [0.3, 0.4) is 0 Å². The Kier molecular flexibility index (Phi) is 45.1. The zero-order valence-corrected chi connectivity index (χ0v) is 28.4. The molecule has 0 spiro atoms. The number of carbonyl (C=O) groups excluding carboxylic acids is 1. The van der Waals surface area contributed by atoms with Crippen LogP contribution in [0.1, 0.15) is 34.8 Å². The minimum atomic E-state index is -0.283. The van der Waals surface area contributed by atoms with Crippen LogP contribution in [-0.2, 0) is 4.79 Å². The number of aliphatic imine (C=N–C) groups is 1. The van der Waals surface area contributed by atoms with Crippen molar-refractivity contribution < 1.29 is 96.2 Å². The Morgan fingerprint density at radius 1 is 0.782 bits per heavy atom. The van der Waals surface area contributed by atoms with E-state index in [2.05, 4.69) is 20.9 Å². The van der Waals surface area contributed by atoms with Gasteiger partial charge in [-0.05, 0) is 81.4 Å². The summed E-state index contributed by atoms with van der Waals surface area (Å²) < 4.78 is 160. The molecule has 2 aromatic carbocycles. The van der Waals surface area contributed by atoms with Crippen LogP contribution in [0.2, 0.25) is 0 Å². The first-order chi connectivity index (χ1) is 26.3. The molecule has 0 saturated carbocycles. The Balaban J connectivity index is -0.000000279. The molecular weight excluding hydrogens is 816 g/mol. The Hall–Kier alpha value is -5.11. The lowest BCUT2D eigenvalue weighted by Gasteiger charge is -2.40. The zero-order chi connectivity index (χ0) is 43.4. The maximum absolute atomic E-state index is 13.7. The summed E-state index contributed by atoms with van der Waals surface area (Å²) in [6.07, 6.45) is 6.41. The number of rotatable bonds is 6. The van der Waals surface area contributed by atoms with Crippen molar-refractivity contribution in [3.8, 4) is 5.69 Å². The molecule has 7 nitrogen and oxygen atoms in total. The van der Waals surface area contributed by atoms with E-state index >= 15 is 0 Å². The summed E-state index contributed by atoms with van der Waals surface area (Å²) in [5.41, 5.74) is 5.33. The number of nitrogens with zero attached hydrogens (tertiary/aromatic N) is 6. The van der Waals surface area contributed by atoms with Gasteiger partial charge in [-0.1, -0.05) is 18.2 Å². The first kappa shape index (κ1) is 61.9. The van der Waals surface area contributed by atoms with Gasteiger partial charge in [0.05, 0.1) is 18.1 Å². The summed E-state index contributed by atoms with van der Waals surface area (Å²) in [4.78, 5) is 28.9. The molecule has 1 saturated heterocycles. The van der Waals surface area contributed by atoms with Gasteiger partial charge in [-0.25, -0.2) is 14.4 Å². The van der Waals surface area contributed by atoms with Crippen molar-refractivity contribution in [2.75, 3.05) is 33.7 Å². The summed E-state index contributed by atoms with van der Waals surface area (Å²) in [6.45, 7) is 6.42. The van der Waals surface area contributed by atoms with Crippen LogP contribution in [0.25, 0.3) is 11.8 Å². The molecule has 0 aliphatic carbocycles. The third-order valence-corrected chi connectivity index (χ3v) is 6.73. The summed E-state index contributed by atoms with van der Waals surface area (Å²) in [6, 6.07) is 12.4. The number of imidazole rings is 1. The van der Waals surface area contributed by atoms with Crippen molar-refractivity contribution in [1.29, 1.82) is 0 Å². The molecule has 1 atom stereocenters. The van der Waals surface area contributed by atoms with E-state index in [1.807, 2.05) is 56.9 Å². The molecule has 55 heavy (non-hydrogen) atoms. The Morgan fingerprint density at radius 3 is 1.73 bits per heavy atom. The van der Waals surface area contributed by atoms with Crippen LogP contribution < -0.4 is 0 Å². The predicted octanol–water partition coefficient (Wildman–Crippen LogP) is 11.9. The van der Waals surface area contributed by atoms with Crippen molar-refractivity contribution in [3.05, 3.63) is 88.9 Å². The molecule has 0 bridgehead atoms. The van der Waals surface area contributed by atoms with Gasteiger partial charge in [-0.15, -0.1) is 0 Å². The second-order valence-electron chi connectivity index (χ2n) is 9.73. The van der Waals surface area contributed by atoms with Gasteiger partial charge in [0.15, 0.2) is 0 Å². The van der Waals surface area contributed by atoms with Gasteiger partial charge in [0.25, 0.3) is 5.91 Å². The van der Waals surface area contributed by atoms with E-state index < -0.39 is 0 Å². The van der Waals surface area contributed by atoms with E-state index in [1.165, 1.54) is 12.1 Å². The number of fused-ring (bicyclic) bond motifs is 1. The number of benzene rings is 2. The second-order valence-corrected chi connectivity index (χ2v) is 9.73. The Labute approximate surface area is 298 Å². The molecule has 1 fully saturated rings. The number of likely N-dealkylation sites (N-methyl/N-ethyl adjacent to an activating group) is 1. The number of amides is 1. The third kappa shape index (κ3) is 20.2. The van der Waals surface area contributed by atoms with Gasteiger partial charge in [0, 0.05) is 114 Å². The summed E-state index contributed by atoms with van der Waals surface area (Å²) >= 11 is 0. The molecule has 3 heterocycles. The Morgan fingerprint density at radius 2 is 1.29 bits per heavy atom. The largest absolute Gasteiger partial charge is 0.341 e. The number of hydrogen-bond acceptors (Lipinski definition) is 5. The molecular formula is C28H32F20N6O. The topological polar surface area (TPSA) is 57.0 Å². The van der Waals surface area contributed by atoms with Gasteiger partial charge >= 0.3 is 0 Å². The zero-order valence-electron chi connectivity index (χ0n) is 28.4. The van der Waals surface area contributed by atoms with Crippen LogP contribution in [0.15, 0.2) is 65.7 Å². The van der Waals surface area contributed by atoms with Gasteiger partial charge in [-0.2, -0.15) is 0 Å². The van der Waals surface area contributed by atoms with Crippen molar-refractivity contribution in [1.82, 2.24) is 24.3 Å². The van der Waals surface area contributed by atoms with E-state index in [0.29, 0.717) is 11.7 Å². The minimum Gasteiger partial charge on any atom is -0.341 e. The third-order valence-electron chi connectivity index (χ3n) is 6.73. The number of aromatic nitrogens is 2. The molecule has 320 valence electrons. The van der Waals surface area contributed by atoms with Crippen LogP contribution in [0.5, 0.6) is 0 Å². The highest BCUT2D eigenvalue weighted by atomic mass is 20.0. The van der Waals surface area contributed by atoms with Crippen molar-refractivity contribution in [2.24, 2.45) is 4.99 Å². The highest BCUT2D eigenvalue weighted by Crippen LogP contribution is 2.36. The molecule has 1 amide bonds. The fourth-order valence-electron chi connectivity index (χ4n) is 4.83. The van der Waals surface area contributed by atoms with Gasteiger partial charge in [0.1, 0.15) is 11.5 Å². The van der Waals surface area contributed by atoms with Crippen molar-refractivity contribution in [2.45, 2.75) is 26.3 Å². The number of carbonyl (C=O) groups is 1. The predicted molar refractivity (Wildman–Crippen MR) is 162 cm³/mol. The average molecular weight is 849 g/mol. The van der Waals surface area contributed by atoms with E-state index in [4.69, 9.17) is 87.3 Å². The van der Waals surface area contributed by atoms with Crippen molar-refractivity contribution >= 4 is 17.9 Å². The fraction of sp³-hybridized carbons (Fsp3) is 0.321. The number of guanidine groups is 1. The van der Waals surface area contributed by atoms with Gasteiger partial charge in [0.2, 0.25) is 5.96 Å². The quantitative estimate of drug-likeness (QED) is 0.183. The molecule has 2 aliphatic heterocycles. The first-order valence-electron chi connectivity index (χ1n) is 13.5. The maximum Gasteiger partial charge on any atom is 0.279 e. The van der Waals surface area contributed by atoms with Crippen LogP contribution in [0, 0.1) is 19.7 Å². The normalized spacial score (nSPS) is 13.3. The summed E-state index contributed by atoms with van der Waals surface area (Å²) in [5, 5.41) is 0. The smallest absolute Gasteiger partial charge is 0.279 e. The van der Waals surface area contributed by atoms with E-state index in [0.717, 1.165) is 54.1 Å².